The zero-order chi connectivity index (χ0) is 18.6. The Balaban J connectivity index is 1.35. The van der Waals surface area contributed by atoms with Crippen LogP contribution in [0.25, 0.3) is 10.8 Å². The summed E-state index contributed by atoms with van der Waals surface area (Å²) in [6, 6.07) is 19.4. The molecule has 1 N–H and O–H groups in total. The molecule has 3 aromatic carbocycles. The molecule has 1 amide bonds. The summed E-state index contributed by atoms with van der Waals surface area (Å²) in [5.74, 6) is 1.96. The van der Waals surface area contributed by atoms with E-state index in [9.17, 15) is 4.79 Å². The largest absolute Gasteiger partial charge is 0.486 e. The van der Waals surface area contributed by atoms with E-state index in [1.54, 1.807) is 0 Å². The van der Waals surface area contributed by atoms with Crippen LogP contribution in [-0.2, 0) is 4.79 Å². The van der Waals surface area contributed by atoms with E-state index >= 15 is 0 Å². The molecule has 0 fully saturated rings. The number of carbonyl (C=O) groups excluding carboxylic acids is 1. The molecule has 1 heterocycles. The molecule has 3 aromatic rings. The molecule has 138 valence electrons. The highest BCUT2D eigenvalue weighted by molar-refractivity contribution is 5.84. The van der Waals surface area contributed by atoms with Gasteiger partial charge in [-0.05, 0) is 47.5 Å². The molecule has 27 heavy (non-hydrogen) atoms. The van der Waals surface area contributed by atoms with Gasteiger partial charge in [0.25, 0.3) is 5.91 Å². The van der Waals surface area contributed by atoms with Gasteiger partial charge in [0.05, 0.1) is 6.04 Å². The molecule has 1 aliphatic rings. The van der Waals surface area contributed by atoms with E-state index in [-0.39, 0.29) is 18.6 Å². The molecule has 0 saturated heterocycles. The first-order valence-corrected chi connectivity index (χ1v) is 8.99. The fourth-order valence-corrected chi connectivity index (χ4v) is 3.10. The molecular formula is C22H21NO4. The zero-order valence-corrected chi connectivity index (χ0v) is 15.1. The first-order chi connectivity index (χ1) is 13.2. The third kappa shape index (κ3) is 3.97. The van der Waals surface area contributed by atoms with Gasteiger partial charge in [-0.3, -0.25) is 4.79 Å². The van der Waals surface area contributed by atoms with Gasteiger partial charge in [-0.25, -0.2) is 0 Å². The Morgan fingerprint density at radius 1 is 1.00 bits per heavy atom. The highest BCUT2D eigenvalue weighted by Crippen LogP contribution is 2.32. The van der Waals surface area contributed by atoms with Crippen molar-refractivity contribution in [2.24, 2.45) is 0 Å². The highest BCUT2D eigenvalue weighted by Gasteiger charge is 2.16. The molecule has 0 saturated carbocycles. The number of hydrogen-bond acceptors (Lipinski definition) is 4. The van der Waals surface area contributed by atoms with E-state index in [1.165, 1.54) is 0 Å². The predicted octanol–water partition coefficient (Wildman–Crippen LogP) is 3.87. The Morgan fingerprint density at radius 3 is 2.63 bits per heavy atom. The Kier molecular flexibility index (Phi) is 4.83. The number of ether oxygens (including phenoxy) is 3. The van der Waals surface area contributed by atoms with Crippen molar-refractivity contribution in [1.29, 1.82) is 0 Å². The van der Waals surface area contributed by atoms with E-state index in [2.05, 4.69) is 5.32 Å². The Labute approximate surface area is 157 Å². The summed E-state index contributed by atoms with van der Waals surface area (Å²) in [6.07, 6.45) is 0. The quantitative estimate of drug-likeness (QED) is 0.748. The van der Waals surface area contributed by atoms with Crippen molar-refractivity contribution in [1.82, 2.24) is 5.32 Å². The summed E-state index contributed by atoms with van der Waals surface area (Å²) in [5.41, 5.74) is 0.957. The fourth-order valence-electron chi connectivity index (χ4n) is 3.10. The lowest BCUT2D eigenvalue weighted by Crippen LogP contribution is -2.31. The molecule has 4 rings (SSSR count). The summed E-state index contributed by atoms with van der Waals surface area (Å²) >= 11 is 0. The van der Waals surface area contributed by atoms with Crippen LogP contribution in [0.3, 0.4) is 0 Å². The van der Waals surface area contributed by atoms with Gasteiger partial charge in [-0.15, -0.1) is 0 Å². The van der Waals surface area contributed by atoms with Crippen molar-refractivity contribution in [3.8, 4) is 17.2 Å². The van der Waals surface area contributed by atoms with Crippen LogP contribution in [0, 0.1) is 0 Å². The average molecular weight is 363 g/mol. The molecule has 0 spiro atoms. The maximum Gasteiger partial charge on any atom is 0.258 e. The van der Waals surface area contributed by atoms with Gasteiger partial charge in [0.2, 0.25) is 0 Å². The van der Waals surface area contributed by atoms with Gasteiger partial charge in [0.15, 0.2) is 18.1 Å². The highest BCUT2D eigenvalue weighted by atomic mass is 16.6. The number of hydrogen-bond donors (Lipinski definition) is 1. The van der Waals surface area contributed by atoms with Gasteiger partial charge in [-0.1, -0.05) is 36.4 Å². The monoisotopic (exact) mass is 363 g/mol. The van der Waals surface area contributed by atoms with Gasteiger partial charge < -0.3 is 19.5 Å². The topological polar surface area (TPSA) is 56.8 Å². The number of nitrogens with one attached hydrogen (secondary N) is 1. The second-order valence-corrected chi connectivity index (χ2v) is 6.49. The summed E-state index contributed by atoms with van der Waals surface area (Å²) in [5, 5.41) is 5.17. The van der Waals surface area contributed by atoms with Crippen LogP contribution < -0.4 is 19.5 Å². The lowest BCUT2D eigenvalue weighted by Gasteiger charge is -2.21. The second-order valence-electron chi connectivity index (χ2n) is 6.49. The molecule has 0 bridgehead atoms. The van der Waals surface area contributed by atoms with Crippen LogP contribution in [0.5, 0.6) is 17.2 Å². The third-order valence-electron chi connectivity index (χ3n) is 4.53. The summed E-state index contributed by atoms with van der Waals surface area (Å²) in [4.78, 5) is 12.3. The van der Waals surface area contributed by atoms with Crippen LogP contribution in [0.2, 0.25) is 0 Å². The summed E-state index contributed by atoms with van der Waals surface area (Å²) in [6.45, 7) is 2.99. The van der Waals surface area contributed by atoms with Crippen molar-refractivity contribution < 1.29 is 19.0 Å². The van der Waals surface area contributed by atoms with E-state index in [1.807, 2.05) is 67.6 Å². The maximum absolute atomic E-state index is 12.3. The zero-order valence-electron chi connectivity index (χ0n) is 15.1. The molecule has 1 atom stereocenters. The van der Waals surface area contributed by atoms with Crippen LogP contribution in [0.15, 0.2) is 60.7 Å². The summed E-state index contributed by atoms with van der Waals surface area (Å²) < 4.78 is 16.8. The van der Waals surface area contributed by atoms with Crippen molar-refractivity contribution in [3.05, 3.63) is 66.2 Å². The standard InChI is InChI=1S/C22H21NO4/c1-15(17-7-9-20-21(13-17)26-11-10-25-20)23-22(24)14-27-19-8-6-16-4-2-3-5-18(16)12-19/h2-9,12-13,15H,10-11,14H2,1H3,(H,23,24)/t15-/m0/s1. The van der Waals surface area contributed by atoms with Gasteiger partial charge in [0.1, 0.15) is 19.0 Å². The first-order valence-electron chi connectivity index (χ1n) is 8.99. The Hall–Kier alpha value is -3.21. The van der Waals surface area contributed by atoms with E-state index in [4.69, 9.17) is 14.2 Å². The molecular weight excluding hydrogens is 342 g/mol. The van der Waals surface area contributed by atoms with Crippen LogP contribution in [0.1, 0.15) is 18.5 Å². The number of rotatable bonds is 5. The lowest BCUT2D eigenvalue weighted by molar-refractivity contribution is -0.123. The molecule has 5 nitrogen and oxygen atoms in total. The van der Waals surface area contributed by atoms with Gasteiger partial charge >= 0.3 is 0 Å². The number of carbonyl (C=O) groups is 1. The minimum atomic E-state index is -0.175. The normalized spacial score (nSPS) is 13.8. The van der Waals surface area contributed by atoms with Gasteiger partial charge in [-0.2, -0.15) is 0 Å². The maximum atomic E-state index is 12.3. The Bertz CT molecular complexity index is 969. The number of amides is 1. The smallest absolute Gasteiger partial charge is 0.258 e. The van der Waals surface area contributed by atoms with Crippen molar-refractivity contribution in [2.75, 3.05) is 19.8 Å². The van der Waals surface area contributed by atoms with Gasteiger partial charge in [0, 0.05) is 0 Å². The van der Waals surface area contributed by atoms with E-state index < -0.39 is 0 Å². The van der Waals surface area contributed by atoms with E-state index in [0.29, 0.717) is 24.7 Å². The third-order valence-corrected chi connectivity index (χ3v) is 4.53. The number of fused-ring (bicyclic) bond motifs is 2. The van der Waals surface area contributed by atoms with Crippen molar-refractivity contribution in [2.45, 2.75) is 13.0 Å². The number of benzene rings is 3. The molecule has 0 aromatic heterocycles. The first kappa shape index (κ1) is 17.2. The Morgan fingerprint density at radius 2 is 1.78 bits per heavy atom. The molecule has 0 radical (unpaired) electrons. The molecule has 0 aliphatic carbocycles. The van der Waals surface area contributed by atoms with Crippen LogP contribution in [0.4, 0.5) is 0 Å². The van der Waals surface area contributed by atoms with Crippen LogP contribution >= 0.6 is 0 Å². The van der Waals surface area contributed by atoms with Crippen LogP contribution in [-0.4, -0.2) is 25.7 Å². The molecule has 5 heteroatoms. The van der Waals surface area contributed by atoms with Crippen molar-refractivity contribution >= 4 is 16.7 Å². The lowest BCUT2D eigenvalue weighted by atomic mass is 10.1. The minimum Gasteiger partial charge on any atom is -0.486 e. The van der Waals surface area contributed by atoms with Crippen molar-refractivity contribution in [3.63, 3.8) is 0 Å². The minimum absolute atomic E-state index is 0.0345. The second kappa shape index (κ2) is 7.58. The summed E-state index contributed by atoms with van der Waals surface area (Å²) in [7, 11) is 0. The molecule has 1 aliphatic heterocycles. The SMILES string of the molecule is C[C@H](NC(=O)COc1ccc2ccccc2c1)c1ccc2c(c1)OCCO2. The predicted molar refractivity (Wildman–Crippen MR) is 103 cm³/mol. The average Bonchev–Trinajstić information content (AvgIpc) is 2.71. The fraction of sp³-hybridized carbons (Fsp3) is 0.227. The van der Waals surface area contributed by atoms with E-state index in [0.717, 1.165) is 22.1 Å². The molecule has 0 unspecified atom stereocenters.